The highest BCUT2D eigenvalue weighted by Gasteiger charge is 1.97. The first-order valence-electron chi connectivity index (χ1n) is 8.70. The van der Waals surface area contributed by atoms with Crippen LogP contribution in [0.4, 0.5) is 0 Å². The summed E-state index contributed by atoms with van der Waals surface area (Å²) < 4.78 is 76.5. The van der Waals surface area contributed by atoms with Crippen molar-refractivity contribution in [3.8, 4) is 5.69 Å². The smallest absolute Gasteiger partial charge is 0.255 e. The van der Waals surface area contributed by atoms with Crippen molar-refractivity contribution >= 4 is 0 Å². The fourth-order valence-electron chi connectivity index (χ4n) is 0.915. The average Bonchev–Trinajstić information content (AvgIpc) is 2.49. The van der Waals surface area contributed by atoms with Crippen LogP contribution in [0.15, 0.2) is 53.3 Å². The van der Waals surface area contributed by atoms with E-state index < -0.39 is 66.1 Å². The topological polar surface area (TPSA) is 22.0 Å². The molecule has 0 amide bonds. The first-order valence-corrected chi connectivity index (χ1v) is 3.70. The number of aromatic nitrogens is 1. The zero-order valence-corrected chi connectivity index (χ0v) is 6.93. The Morgan fingerprint density at radius 1 is 1.29 bits per heavy atom. The highest BCUT2D eigenvalue weighted by atomic mass is 16.1. The molecule has 0 atom stereocenters. The van der Waals surface area contributed by atoms with Gasteiger partial charge < -0.3 is 0 Å². The summed E-state index contributed by atoms with van der Waals surface area (Å²) in [5.74, 6) is 0. The van der Waals surface area contributed by atoms with Crippen molar-refractivity contribution < 1.29 is 13.7 Å². The van der Waals surface area contributed by atoms with Gasteiger partial charge in [-0.2, -0.15) is 0 Å². The predicted molar refractivity (Wildman–Crippen MR) is 56.8 cm³/mol. The minimum absolute atomic E-state index is 0.365. The number of aryl methyl sites for hydroxylation is 1. The minimum Gasteiger partial charge on any atom is -0.284 e. The van der Waals surface area contributed by atoms with Crippen LogP contribution < -0.4 is 5.56 Å². The molecule has 2 aromatic rings. The number of pyridine rings is 1. The largest absolute Gasteiger partial charge is 0.284 e. The van der Waals surface area contributed by atoms with Crippen molar-refractivity contribution in [3.05, 3.63) is 64.4 Å². The van der Waals surface area contributed by atoms with E-state index in [9.17, 15) is 4.79 Å². The normalized spacial score (nSPS) is 21.1. The number of nitrogens with zero attached hydrogens (tertiary/aromatic N) is 1. The van der Waals surface area contributed by atoms with Crippen LogP contribution >= 0.6 is 0 Å². The van der Waals surface area contributed by atoms with Crippen molar-refractivity contribution in [2.45, 2.75) is 6.85 Å². The number of benzene rings is 1. The fraction of sp³-hybridized carbons (Fsp3) is 0.0833. The predicted octanol–water partition coefficient (Wildman–Crippen LogP) is 2.15. The Morgan fingerprint density at radius 3 is 2.79 bits per heavy atom. The summed E-state index contributed by atoms with van der Waals surface area (Å²) in [6, 6.07) is -3.72. The summed E-state index contributed by atoms with van der Waals surface area (Å²) in [6.45, 7) is -2.81. The molecule has 0 radical (unpaired) electrons. The second-order valence-electron chi connectivity index (χ2n) is 2.43. The van der Waals surface area contributed by atoms with Crippen molar-refractivity contribution in [3.63, 3.8) is 0 Å². The molecule has 2 rings (SSSR count). The Labute approximate surface area is 96.5 Å². The quantitative estimate of drug-likeness (QED) is 0.683. The van der Waals surface area contributed by atoms with Crippen molar-refractivity contribution in [1.29, 1.82) is 0 Å². The molecule has 0 bridgehead atoms. The van der Waals surface area contributed by atoms with Gasteiger partial charge in [0.05, 0.1) is 9.60 Å². The molecule has 0 saturated carbocycles. The molecule has 0 fully saturated rings. The van der Waals surface area contributed by atoms with E-state index in [0.717, 1.165) is 6.07 Å². The molecular formula is C12H11NO. The van der Waals surface area contributed by atoms with Gasteiger partial charge in [0, 0.05) is 22.0 Å². The van der Waals surface area contributed by atoms with E-state index in [1.165, 1.54) is 0 Å². The van der Waals surface area contributed by atoms with Gasteiger partial charge in [-0.1, -0.05) is 24.2 Å². The summed E-state index contributed by atoms with van der Waals surface area (Å²) in [5, 5.41) is 0. The van der Waals surface area contributed by atoms with Gasteiger partial charge in [-0.15, -0.1) is 0 Å². The van der Waals surface area contributed by atoms with Crippen molar-refractivity contribution in [2.75, 3.05) is 0 Å². The van der Waals surface area contributed by atoms with Crippen LogP contribution in [0.25, 0.3) is 5.69 Å². The Morgan fingerprint density at radius 2 is 2.07 bits per heavy atom. The zero-order valence-electron chi connectivity index (χ0n) is 16.9. The second-order valence-corrected chi connectivity index (χ2v) is 2.43. The molecule has 0 aliphatic rings. The van der Waals surface area contributed by atoms with Gasteiger partial charge in [0.2, 0.25) is 0 Å². The van der Waals surface area contributed by atoms with Crippen LogP contribution in [0.1, 0.15) is 19.3 Å². The molecule has 2 heteroatoms. The molecule has 1 aromatic heterocycles. The molecule has 0 aliphatic heterocycles. The van der Waals surface area contributed by atoms with Gasteiger partial charge >= 0.3 is 0 Å². The monoisotopic (exact) mass is 195 g/mol. The summed E-state index contributed by atoms with van der Waals surface area (Å²) in [6.07, 6.45) is -0.852. The Kier molecular flexibility index (Phi) is 0.707. The lowest BCUT2D eigenvalue weighted by Crippen LogP contribution is -2.16. The lowest BCUT2D eigenvalue weighted by atomic mass is 10.3. The first-order chi connectivity index (χ1) is 10.9. The van der Waals surface area contributed by atoms with E-state index in [-0.39, 0.29) is 0 Å². The van der Waals surface area contributed by atoms with Gasteiger partial charge in [-0.05, 0) is 24.5 Å². The summed E-state index contributed by atoms with van der Waals surface area (Å²) in [5.41, 5.74) is -2.43. The van der Waals surface area contributed by atoms with E-state index in [1.54, 1.807) is 0 Å². The van der Waals surface area contributed by atoms with Crippen LogP contribution in [0, 0.1) is 6.85 Å². The first kappa shape index (κ1) is 2.83. The maximum absolute atomic E-state index is 12.2. The molecule has 0 aliphatic carbocycles. The lowest BCUT2D eigenvalue weighted by Gasteiger charge is -2.05. The van der Waals surface area contributed by atoms with Gasteiger partial charge in [0.15, 0.2) is 0 Å². The zero-order chi connectivity index (χ0) is 18.6. The van der Waals surface area contributed by atoms with E-state index in [2.05, 4.69) is 0 Å². The molecule has 1 aromatic carbocycles. The third-order valence-electron chi connectivity index (χ3n) is 1.49. The summed E-state index contributed by atoms with van der Waals surface area (Å²) in [4.78, 5) is 12.2. The van der Waals surface area contributed by atoms with E-state index >= 15 is 0 Å². The number of hydrogen-bond donors (Lipinski definition) is 0. The van der Waals surface area contributed by atoms with E-state index in [1.807, 2.05) is 0 Å². The third kappa shape index (κ3) is 1.59. The summed E-state index contributed by atoms with van der Waals surface area (Å²) >= 11 is 0. The molecule has 0 N–H and O–H groups in total. The van der Waals surface area contributed by atoms with Gasteiger partial charge in [-0.25, -0.2) is 0 Å². The number of hydrogen-bond acceptors (Lipinski definition) is 1. The number of rotatable bonds is 1. The van der Waals surface area contributed by atoms with Crippen LogP contribution in [0.2, 0.25) is 0 Å². The molecule has 2 nitrogen and oxygen atoms in total. The maximum Gasteiger partial charge on any atom is 0.255 e. The Bertz CT molecular complexity index is 869. The molecule has 14 heavy (non-hydrogen) atoms. The van der Waals surface area contributed by atoms with Crippen LogP contribution in [0.5, 0.6) is 0 Å². The highest BCUT2D eigenvalue weighted by Crippen LogP contribution is 2.04. The molecular weight excluding hydrogens is 174 g/mol. The third-order valence-corrected chi connectivity index (χ3v) is 1.49. The molecule has 0 unspecified atom stereocenters. The standard InChI is InChI=1S/C12H11NO/c1-10-7-8-12(14)13(9-10)11-5-3-2-4-6-11/h2-9H,1H3/i1D3,2D,3D,4D,5D,6D,8D,9D. The van der Waals surface area contributed by atoms with Crippen molar-refractivity contribution in [2.24, 2.45) is 0 Å². The maximum atomic E-state index is 12.2. The van der Waals surface area contributed by atoms with Gasteiger partial charge in [0.1, 0.15) is 0 Å². The Balaban J connectivity index is 3.05. The molecule has 0 saturated heterocycles. The number of para-hydroxylation sites is 1. The Hall–Kier alpha value is -1.83. The van der Waals surface area contributed by atoms with Gasteiger partial charge in [0.25, 0.3) is 5.56 Å². The molecule has 70 valence electrons. The van der Waals surface area contributed by atoms with E-state index in [0.29, 0.717) is 4.57 Å². The summed E-state index contributed by atoms with van der Waals surface area (Å²) in [7, 11) is 0. The van der Waals surface area contributed by atoms with Gasteiger partial charge in [-0.3, -0.25) is 9.36 Å². The fourth-order valence-corrected chi connectivity index (χ4v) is 0.915. The van der Waals surface area contributed by atoms with Crippen LogP contribution in [-0.4, -0.2) is 4.57 Å². The lowest BCUT2D eigenvalue weighted by molar-refractivity contribution is 0.976. The van der Waals surface area contributed by atoms with E-state index in [4.69, 9.17) is 13.7 Å². The minimum atomic E-state index is -2.81. The highest BCUT2D eigenvalue weighted by molar-refractivity contribution is 5.32. The van der Waals surface area contributed by atoms with Crippen LogP contribution in [-0.2, 0) is 0 Å². The average molecular weight is 195 g/mol. The van der Waals surface area contributed by atoms with Crippen LogP contribution in [0.3, 0.4) is 0 Å². The SMILES string of the molecule is [2H]c1c([2H])c([2H])c(-n2c([2H])c(C([2H])([2H])[2H])cc([2H])c2=O)c([2H])c1[2H]. The molecule has 1 heterocycles. The second kappa shape index (κ2) is 3.50. The molecule has 0 spiro atoms. The van der Waals surface area contributed by atoms with Crippen molar-refractivity contribution in [1.82, 2.24) is 4.57 Å².